The third-order valence-corrected chi connectivity index (χ3v) is 2.66. The molecule has 1 heterocycles. The van der Waals surface area contributed by atoms with Crippen molar-refractivity contribution in [2.75, 3.05) is 0 Å². The lowest BCUT2D eigenvalue weighted by atomic mass is 9.81. The second-order valence-corrected chi connectivity index (χ2v) is 4.62. The molecule has 0 N–H and O–H groups in total. The van der Waals surface area contributed by atoms with E-state index in [1.807, 2.05) is 13.8 Å². The Morgan fingerprint density at radius 3 is 2.14 bits per heavy atom. The summed E-state index contributed by atoms with van der Waals surface area (Å²) in [5.41, 5.74) is -0.754. The van der Waals surface area contributed by atoms with Gasteiger partial charge in [0.05, 0.1) is 5.41 Å². The van der Waals surface area contributed by atoms with Crippen molar-refractivity contribution < 1.29 is 9.53 Å². The highest BCUT2D eigenvalue weighted by Crippen LogP contribution is 2.44. The van der Waals surface area contributed by atoms with Gasteiger partial charge in [-0.3, -0.25) is 4.79 Å². The van der Waals surface area contributed by atoms with Crippen molar-refractivity contribution in [3.05, 3.63) is 25.3 Å². The molecule has 0 aromatic rings. The number of carbonyl (C=O) groups is 1. The van der Waals surface area contributed by atoms with Gasteiger partial charge in [0, 0.05) is 19.3 Å². The minimum Gasteiger partial charge on any atom is -0.458 e. The summed E-state index contributed by atoms with van der Waals surface area (Å²) in [6.07, 6.45) is 5.76. The third-order valence-electron chi connectivity index (χ3n) is 2.66. The quantitative estimate of drug-likeness (QED) is 0.508. The highest BCUT2D eigenvalue weighted by molar-refractivity contribution is 5.78. The number of rotatable bonds is 4. The normalized spacial score (nSPS) is 22.9. The van der Waals surface area contributed by atoms with Crippen molar-refractivity contribution in [3.8, 4) is 0 Å². The maximum Gasteiger partial charge on any atom is 0.312 e. The molecule has 0 aliphatic carbocycles. The molecule has 0 radical (unpaired) electrons. The summed E-state index contributed by atoms with van der Waals surface area (Å²) in [4.78, 5) is 11.6. The van der Waals surface area contributed by atoms with E-state index < -0.39 is 0 Å². The van der Waals surface area contributed by atoms with Crippen LogP contribution in [0.1, 0.15) is 33.1 Å². The molecule has 2 nitrogen and oxygen atoms in total. The van der Waals surface area contributed by atoms with Crippen LogP contribution in [0.5, 0.6) is 0 Å². The van der Waals surface area contributed by atoms with Gasteiger partial charge >= 0.3 is 5.97 Å². The summed E-state index contributed by atoms with van der Waals surface area (Å²) >= 11 is 0. The van der Waals surface area contributed by atoms with Crippen LogP contribution in [-0.4, -0.2) is 11.6 Å². The first-order chi connectivity index (χ1) is 6.46. The van der Waals surface area contributed by atoms with Crippen LogP contribution in [0, 0.1) is 5.41 Å². The van der Waals surface area contributed by atoms with Gasteiger partial charge in [-0.25, -0.2) is 0 Å². The molecule has 0 spiro atoms. The van der Waals surface area contributed by atoms with Gasteiger partial charge in [0.1, 0.15) is 5.60 Å². The Balaban J connectivity index is 2.87. The topological polar surface area (TPSA) is 26.3 Å². The van der Waals surface area contributed by atoms with Crippen LogP contribution in [0.25, 0.3) is 0 Å². The molecule has 0 aromatic carbocycles. The van der Waals surface area contributed by atoms with Crippen LogP contribution in [0.4, 0.5) is 0 Å². The molecule has 0 amide bonds. The minimum absolute atomic E-state index is 0.110. The molecule has 78 valence electrons. The summed E-state index contributed by atoms with van der Waals surface area (Å²) in [5, 5.41) is 0. The Morgan fingerprint density at radius 2 is 1.86 bits per heavy atom. The molecule has 2 heteroatoms. The predicted molar refractivity (Wildman–Crippen MR) is 56.8 cm³/mol. The van der Waals surface area contributed by atoms with Crippen molar-refractivity contribution in [2.24, 2.45) is 5.41 Å². The minimum atomic E-state index is -0.385. The van der Waals surface area contributed by atoms with Crippen LogP contribution < -0.4 is 0 Å². The monoisotopic (exact) mass is 194 g/mol. The molecule has 14 heavy (non-hydrogen) atoms. The number of ether oxygens (including phenoxy) is 1. The maximum atomic E-state index is 11.6. The Kier molecular flexibility index (Phi) is 2.84. The van der Waals surface area contributed by atoms with Gasteiger partial charge in [0.15, 0.2) is 0 Å². The number of hydrogen-bond acceptors (Lipinski definition) is 2. The van der Waals surface area contributed by atoms with Gasteiger partial charge in [-0.05, 0) is 13.8 Å². The summed E-state index contributed by atoms with van der Waals surface area (Å²) in [6, 6.07) is 0. The second-order valence-electron chi connectivity index (χ2n) is 4.62. The van der Waals surface area contributed by atoms with Crippen molar-refractivity contribution in [1.29, 1.82) is 0 Å². The lowest BCUT2D eigenvalue weighted by Gasteiger charge is -2.25. The number of carbonyl (C=O) groups excluding carboxylic acids is 1. The third kappa shape index (κ3) is 1.89. The summed E-state index contributed by atoms with van der Waals surface area (Å²) < 4.78 is 5.46. The van der Waals surface area contributed by atoms with Gasteiger partial charge in [0.25, 0.3) is 0 Å². The largest absolute Gasteiger partial charge is 0.458 e. The zero-order chi connectivity index (χ0) is 10.8. The fraction of sp³-hybridized carbons (Fsp3) is 0.583. The van der Waals surface area contributed by atoms with E-state index in [1.165, 1.54) is 0 Å². The van der Waals surface area contributed by atoms with Crippen LogP contribution in [0.2, 0.25) is 0 Å². The molecule has 0 atom stereocenters. The van der Waals surface area contributed by atoms with Crippen LogP contribution in [0.3, 0.4) is 0 Å². The SMILES string of the molecule is C=CCC1(CC=C)CC(C)(C)C(=O)O1. The van der Waals surface area contributed by atoms with Crippen molar-refractivity contribution in [2.45, 2.75) is 38.7 Å². The summed E-state index contributed by atoms with van der Waals surface area (Å²) in [6.45, 7) is 11.2. The molecule has 1 aliphatic heterocycles. The first-order valence-corrected chi connectivity index (χ1v) is 4.91. The van der Waals surface area contributed by atoms with Crippen LogP contribution in [-0.2, 0) is 9.53 Å². The Hall–Kier alpha value is -1.05. The first kappa shape index (κ1) is 11.0. The average molecular weight is 194 g/mol. The molecule has 0 unspecified atom stereocenters. The van der Waals surface area contributed by atoms with Crippen LogP contribution >= 0.6 is 0 Å². The molecule has 1 fully saturated rings. The van der Waals surface area contributed by atoms with Crippen molar-refractivity contribution in [3.63, 3.8) is 0 Å². The molecule has 0 saturated carbocycles. The average Bonchev–Trinajstić information content (AvgIpc) is 2.23. The highest BCUT2D eigenvalue weighted by atomic mass is 16.6. The summed E-state index contributed by atoms with van der Waals surface area (Å²) in [5.74, 6) is -0.110. The van der Waals surface area contributed by atoms with E-state index in [-0.39, 0.29) is 17.0 Å². The molecule has 1 rings (SSSR count). The number of esters is 1. The van der Waals surface area contributed by atoms with Crippen molar-refractivity contribution in [1.82, 2.24) is 0 Å². The molecular formula is C12H18O2. The Labute approximate surface area is 85.6 Å². The lowest BCUT2D eigenvalue weighted by molar-refractivity contribution is -0.152. The zero-order valence-corrected chi connectivity index (χ0v) is 9.01. The van der Waals surface area contributed by atoms with Gasteiger partial charge in [0.2, 0.25) is 0 Å². The molecule has 1 saturated heterocycles. The predicted octanol–water partition coefficient (Wildman–Crippen LogP) is 2.85. The van der Waals surface area contributed by atoms with E-state index in [2.05, 4.69) is 13.2 Å². The molecular weight excluding hydrogens is 176 g/mol. The maximum absolute atomic E-state index is 11.6. The fourth-order valence-corrected chi connectivity index (χ4v) is 2.09. The van der Waals surface area contributed by atoms with Gasteiger partial charge in [-0.15, -0.1) is 13.2 Å². The van der Waals surface area contributed by atoms with Crippen molar-refractivity contribution >= 4 is 5.97 Å². The van der Waals surface area contributed by atoms with E-state index in [1.54, 1.807) is 12.2 Å². The van der Waals surface area contributed by atoms with E-state index in [0.29, 0.717) is 12.8 Å². The van der Waals surface area contributed by atoms with Gasteiger partial charge in [-0.2, -0.15) is 0 Å². The lowest BCUT2D eigenvalue weighted by Crippen LogP contribution is -2.27. The smallest absolute Gasteiger partial charge is 0.312 e. The van der Waals surface area contributed by atoms with Crippen LogP contribution in [0.15, 0.2) is 25.3 Å². The molecule has 0 bridgehead atoms. The standard InChI is InChI=1S/C12H18O2/c1-5-7-12(8-6-2)9-11(3,4)10(13)14-12/h5-6H,1-2,7-9H2,3-4H3. The molecule has 0 aromatic heterocycles. The van der Waals surface area contributed by atoms with Gasteiger partial charge in [-0.1, -0.05) is 12.2 Å². The second kappa shape index (κ2) is 3.60. The number of cyclic esters (lactones) is 1. The Morgan fingerprint density at radius 1 is 1.36 bits per heavy atom. The summed E-state index contributed by atoms with van der Waals surface area (Å²) in [7, 11) is 0. The zero-order valence-electron chi connectivity index (χ0n) is 9.01. The van der Waals surface area contributed by atoms with E-state index >= 15 is 0 Å². The van der Waals surface area contributed by atoms with Gasteiger partial charge < -0.3 is 4.74 Å². The van der Waals surface area contributed by atoms with E-state index in [0.717, 1.165) is 6.42 Å². The van der Waals surface area contributed by atoms with E-state index in [9.17, 15) is 4.79 Å². The highest BCUT2D eigenvalue weighted by Gasteiger charge is 2.49. The number of hydrogen-bond donors (Lipinski definition) is 0. The first-order valence-electron chi connectivity index (χ1n) is 4.91. The Bertz CT molecular complexity index is 253. The van der Waals surface area contributed by atoms with E-state index in [4.69, 9.17) is 4.74 Å². The molecule has 1 aliphatic rings. The fourth-order valence-electron chi connectivity index (χ4n) is 2.09.